The van der Waals surface area contributed by atoms with Crippen LogP contribution in [0.4, 0.5) is 0 Å². The maximum atomic E-state index is 2.38. The van der Waals surface area contributed by atoms with Gasteiger partial charge in [0, 0.05) is 11.8 Å². The molecule has 0 aromatic heterocycles. The van der Waals surface area contributed by atoms with Crippen molar-refractivity contribution in [3.8, 4) is 22.3 Å². The van der Waals surface area contributed by atoms with Gasteiger partial charge in [-0.2, -0.15) is 0 Å². The minimum atomic E-state index is 0.959. The van der Waals surface area contributed by atoms with Crippen LogP contribution >= 0.6 is 0 Å². The molecule has 0 amide bonds. The van der Waals surface area contributed by atoms with Gasteiger partial charge < -0.3 is 0 Å². The Labute approximate surface area is 196 Å². The zero-order valence-corrected chi connectivity index (χ0v) is 19.1. The lowest BCUT2D eigenvalue weighted by Gasteiger charge is -2.21. The van der Waals surface area contributed by atoms with Crippen LogP contribution in [0.25, 0.3) is 34.4 Å². The van der Waals surface area contributed by atoms with Crippen molar-refractivity contribution in [2.45, 2.75) is 20.3 Å². The van der Waals surface area contributed by atoms with E-state index in [2.05, 4.69) is 123 Å². The Morgan fingerprint density at radius 1 is 0.424 bits per heavy atom. The maximum absolute atomic E-state index is 2.38. The highest BCUT2D eigenvalue weighted by Crippen LogP contribution is 2.49. The van der Waals surface area contributed by atoms with Gasteiger partial charge in [0.2, 0.25) is 0 Å². The summed E-state index contributed by atoms with van der Waals surface area (Å²) in [6.45, 7) is 4.53. The van der Waals surface area contributed by atoms with E-state index < -0.39 is 0 Å². The molecular weight excluding hydrogens is 396 g/mol. The molecule has 0 heterocycles. The van der Waals surface area contributed by atoms with E-state index in [1.165, 1.54) is 67.5 Å². The molecule has 33 heavy (non-hydrogen) atoms. The Bertz CT molecular complexity index is 1280. The van der Waals surface area contributed by atoms with Crippen LogP contribution < -0.4 is 0 Å². The molecule has 4 aromatic rings. The highest BCUT2D eigenvalue weighted by atomic mass is 14.4. The number of hydrogen-bond acceptors (Lipinski definition) is 0. The van der Waals surface area contributed by atoms with E-state index in [0.29, 0.717) is 0 Å². The molecule has 2 aliphatic carbocycles. The van der Waals surface area contributed by atoms with Gasteiger partial charge in [-0.05, 0) is 64.8 Å². The Hall–Kier alpha value is -3.64. The van der Waals surface area contributed by atoms with Crippen LogP contribution in [0.1, 0.15) is 42.5 Å². The van der Waals surface area contributed by atoms with Crippen LogP contribution in [0.3, 0.4) is 0 Å². The van der Waals surface area contributed by atoms with Gasteiger partial charge in [-0.1, -0.05) is 120 Å². The number of fused-ring (bicyclic) bond motifs is 2. The van der Waals surface area contributed by atoms with E-state index in [1.807, 2.05) is 0 Å². The van der Waals surface area contributed by atoms with Crippen molar-refractivity contribution in [1.29, 1.82) is 0 Å². The van der Waals surface area contributed by atoms with E-state index in [4.69, 9.17) is 0 Å². The van der Waals surface area contributed by atoms with Gasteiger partial charge in [-0.25, -0.2) is 0 Å². The third-order valence-electron chi connectivity index (χ3n) is 7.06. The summed E-state index contributed by atoms with van der Waals surface area (Å²) in [7, 11) is 0. The van der Waals surface area contributed by atoms with Gasteiger partial charge in [-0.3, -0.25) is 0 Å². The summed E-state index contributed by atoms with van der Waals surface area (Å²) in [6.07, 6.45) is 5.72. The van der Waals surface area contributed by atoms with Crippen LogP contribution in [0, 0.1) is 11.8 Å². The summed E-state index contributed by atoms with van der Waals surface area (Å²) in [5.74, 6) is 2.90. The van der Waals surface area contributed by atoms with Gasteiger partial charge in [0.15, 0.2) is 0 Å². The molecule has 0 fully saturated rings. The zero-order chi connectivity index (χ0) is 22.4. The van der Waals surface area contributed by atoms with Crippen LogP contribution in [0.15, 0.2) is 108 Å². The molecule has 0 heteroatoms. The lowest BCUT2D eigenvalue weighted by atomic mass is 9.81. The third-order valence-corrected chi connectivity index (χ3v) is 7.06. The van der Waals surface area contributed by atoms with Crippen molar-refractivity contribution in [2.24, 2.45) is 0 Å². The van der Waals surface area contributed by atoms with E-state index in [0.717, 1.165) is 6.42 Å². The van der Waals surface area contributed by atoms with Crippen molar-refractivity contribution in [1.82, 2.24) is 0 Å². The molecule has 0 saturated carbocycles. The summed E-state index contributed by atoms with van der Waals surface area (Å²) in [4.78, 5) is 0. The largest absolute Gasteiger partial charge is 0.0622 e. The fourth-order valence-electron chi connectivity index (χ4n) is 5.38. The molecule has 0 nitrogen and oxygen atoms in total. The maximum Gasteiger partial charge on any atom is 0.0315 e. The number of rotatable bonds is 4. The molecular formula is C33H26. The Kier molecular flexibility index (Phi) is 4.88. The van der Waals surface area contributed by atoms with Crippen LogP contribution in [-0.2, 0) is 0 Å². The summed E-state index contributed by atoms with van der Waals surface area (Å²) in [5, 5.41) is 0. The SMILES string of the molecule is CC1=Cc2c(cccc2-c2ccccc2)[C]1C[C]1C(C)=Cc2c1cccc2-c1ccccc1. The first-order valence-corrected chi connectivity index (χ1v) is 11.7. The Morgan fingerprint density at radius 2 is 0.818 bits per heavy atom. The molecule has 0 spiro atoms. The summed E-state index contributed by atoms with van der Waals surface area (Å²) in [5.41, 5.74) is 13.4. The van der Waals surface area contributed by atoms with Crippen LogP contribution in [0.5, 0.6) is 0 Å². The molecule has 0 N–H and O–H groups in total. The van der Waals surface area contributed by atoms with Gasteiger partial charge >= 0.3 is 0 Å². The first-order chi connectivity index (χ1) is 16.2. The quantitative estimate of drug-likeness (QED) is 0.308. The van der Waals surface area contributed by atoms with E-state index in [1.54, 1.807) is 0 Å². The second kappa shape index (κ2) is 8.05. The first-order valence-electron chi connectivity index (χ1n) is 11.7. The predicted molar refractivity (Wildman–Crippen MR) is 140 cm³/mol. The monoisotopic (exact) mass is 422 g/mol. The molecule has 0 unspecified atom stereocenters. The molecule has 158 valence electrons. The third kappa shape index (κ3) is 3.38. The highest BCUT2D eigenvalue weighted by Gasteiger charge is 2.33. The molecule has 0 bridgehead atoms. The van der Waals surface area contributed by atoms with Gasteiger partial charge in [0.25, 0.3) is 0 Å². The summed E-state index contributed by atoms with van der Waals surface area (Å²) < 4.78 is 0. The predicted octanol–water partition coefficient (Wildman–Crippen LogP) is 8.79. The highest BCUT2D eigenvalue weighted by molar-refractivity contribution is 5.88. The van der Waals surface area contributed by atoms with Crippen molar-refractivity contribution in [3.63, 3.8) is 0 Å². The average Bonchev–Trinajstić information content (AvgIpc) is 3.36. The molecule has 0 atom stereocenters. The molecule has 4 aromatic carbocycles. The van der Waals surface area contributed by atoms with Crippen LogP contribution in [-0.4, -0.2) is 0 Å². The summed E-state index contributed by atoms with van der Waals surface area (Å²) >= 11 is 0. The second-order valence-corrected chi connectivity index (χ2v) is 9.05. The fourth-order valence-corrected chi connectivity index (χ4v) is 5.38. The van der Waals surface area contributed by atoms with Crippen molar-refractivity contribution in [2.75, 3.05) is 0 Å². The minimum absolute atomic E-state index is 0.959. The smallest absolute Gasteiger partial charge is 0.0315 e. The van der Waals surface area contributed by atoms with Gasteiger partial charge in [-0.15, -0.1) is 0 Å². The van der Waals surface area contributed by atoms with Crippen LogP contribution in [0.2, 0.25) is 0 Å². The van der Waals surface area contributed by atoms with E-state index in [-0.39, 0.29) is 0 Å². The normalized spacial score (nSPS) is 15.2. The number of hydrogen-bond donors (Lipinski definition) is 0. The molecule has 6 rings (SSSR count). The first kappa shape index (κ1) is 20.0. The summed E-state index contributed by atoms with van der Waals surface area (Å²) in [6, 6.07) is 34.9. The fraction of sp³-hybridized carbons (Fsp3) is 0.0909. The van der Waals surface area contributed by atoms with E-state index in [9.17, 15) is 0 Å². The van der Waals surface area contributed by atoms with Gasteiger partial charge in [0.05, 0.1) is 0 Å². The molecule has 2 aliphatic rings. The lowest BCUT2D eigenvalue weighted by Crippen LogP contribution is -2.08. The van der Waals surface area contributed by atoms with E-state index >= 15 is 0 Å². The Balaban J connectivity index is 1.37. The average molecular weight is 423 g/mol. The van der Waals surface area contributed by atoms with Crippen molar-refractivity contribution >= 4 is 12.2 Å². The number of benzene rings is 4. The lowest BCUT2D eigenvalue weighted by molar-refractivity contribution is 0.933. The Morgan fingerprint density at radius 3 is 1.24 bits per heavy atom. The van der Waals surface area contributed by atoms with Crippen molar-refractivity contribution < 1.29 is 0 Å². The zero-order valence-electron chi connectivity index (χ0n) is 19.1. The second-order valence-electron chi connectivity index (χ2n) is 9.05. The molecule has 2 radical (unpaired) electrons. The number of allylic oxidation sites excluding steroid dienone is 2. The molecule has 0 saturated heterocycles. The van der Waals surface area contributed by atoms with Crippen molar-refractivity contribution in [3.05, 3.63) is 142 Å². The molecule has 0 aliphatic heterocycles. The minimum Gasteiger partial charge on any atom is -0.0622 e. The van der Waals surface area contributed by atoms with Gasteiger partial charge in [0.1, 0.15) is 0 Å². The standard InChI is InChI=1S/C33H26/c1-22-19-32-26(24-11-5-3-6-12-24)15-9-17-28(32)30(22)21-31-23(2)20-33-27(16-10-18-29(31)33)25-13-7-4-8-14-25/h3-20H,21H2,1-2H3. The topological polar surface area (TPSA) is 0 Å².